The summed E-state index contributed by atoms with van der Waals surface area (Å²) in [5.41, 5.74) is 2.84. The molecule has 6 heterocycles. The van der Waals surface area contributed by atoms with E-state index >= 15 is 0 Å². The van der Waals surface area contributed by atoms with Gasteiger partial charge in [-0.1, -0.05) is 35.3 Å². The topological polar surface area (TPSA) is 256 Å². The minimum absolute atomic E-state index is 0.000689. The van der Waals surface area contributed by atoms with E-state index in [1.807, 2.05) is 30.3 Å². The number of aromatic nitrogens is 12. The van der Waals surface area contributed by atoms with E-state index < -0.39 is 21.6 Å². The molecule has 0 bridgehead atoms. The van der Waals surface area contributed by atoms with Gasteiger partial charge in [0, 0.05) is 23.0 Å². The van der Waals surface area contributed by atoms with Crippen molar-refractivity contribution < 1.29 is 21.4 Å². The molecule has 0 atom stereocenters. The standard InChI is InChI=1S/C17H14BrClN6O3.C9H10BrClO3S.C9H8N6O3/c1-23-8-20-15-14(23)16(26)24(9-21-15)7-13-22-25(17(27)28-13)5-4-10-2-3-11(18)12(19)6-10;1-15(12,13)14-5-4-7-2-3-8(10)9(11)6-7;1-14-3-10-7-6(14)8(16)15(4-11-7)2-5-12-13-9(17)18-5/h2-3,6,8-9H,4-5,7H2,1H3;2-3,6H,4-5H2,1H3;3-4H,2H2,1H3,(H,13,17). The Balaban J connectivity index is 0.000000163. The lowest BCUT2D eigenvalue weighted by Gasteiger charge is -2.03. The molecule has 0 amide bonds. The maximum absolute atomic E-state index is 12.6. The van der Waals surface area contributed by atoms with Gasteiger partial charge in [0.25, 0.3) is 21.2 Å². The second-order valence-corrected chi connectivity index (χ2v) is 17.1. The zero-order chi connectivity index (χ0) is 44.0. The van der Waals surface area contributed by atoms with Crippen molar-refractivity contribution in [3.8, 4) is 0 Å². The molecule has 61 heavy (non-hydrogen) atoms. The van der Waals surface area contributed by atoms with Crippen LogP contribution in [0.5, 0.6) is 0 Å². The van der Waals surface area contributed by atoms with Crippen LogP contribution in [-0.4, -0.2) is 79.5 Å². The van der Waals surface area contributed by atoms with Gasteiger partial charge in [-0.3, -0.25) is 22.9 Å². The summed E-state index contributed by atoms with van der Waals surface area (Å²) in [5, 5.41) is 11.1. The number of hydrogen-bond donors (Lipinski definition) is 1. The molecule has 8 aromatic rings. The third kappa shape index (κ3) is 11.6. The largest absolute Gasteiger partial charge is 0.437 e. The van der Waals surface area contributed by atoms with E-state index in [4.69, 9.17) is 32.0 Å². The number of imidazole rings is 2. The van der Waals surface area contributed by atoms with Crippen LogP contribution in [0.1, 0.15) is 22.9 Å². The highest BCUT2D eigenvalue weighted by Crippen LogP contribution is 2.24. The predicted molar refractivity (Wildman–Crippen MR) is 228 cm³/mol. The van der Waals surface area contributed by atoms with Gasteiger partial charge in [-0.25, -0.2) is 34.6 Å². The molecular formula is C35H32Br2Cl2N12O9S. The lowest BCUT2D eigenvalue weighted by atomic mass is 10.1. The van der Waals surface area contributed by atoms with Crippen LogP contribution in [0.4, 0.5) is 0 Å². The van der Waals surface area contributed by atoms with Crippen LogP contribution in [0.3, 0.4) is 0 Å². The van der Waals surface area contributed by atoms with Gasteiger partial charge in [0.05, 0.1) is 42.1 Å². The number of hydrogen-bond acceptors (Lipinski definition) is 15. The Hall–Kier alpha value is -5.53. The zero-order valence-corrected chi connectivity index (χ0v) is 37.5. The molecule has 8 rings (SSSR count). The maximum atomic E-state index is 12.6. The van der Waals surface area contributed by atoms with Crippen LogP contribution < -0.4 is 22.6 Å². The molecule has 0 spiro atoms. The quantitative estimate of drug-likeness (QED) is 0.182. The molecule has 0 aliphatic heterocycles. The molecule has 0 saturated heterocycles. The van der Waals surface area contributed by atoms with Crippen molar-refractivity contribution >= 4 is 87.5 Å². The summed E-state index contributed by atoms with van der Waals surface area (Å²) in [4.78, 5) is 63.7. The Morgan fingerprint density at radius 1 is 0.738 bits per heavy atom. The Labute approximate surface area is 370 Å². The average molecular weight is 1030 g/mol. The number of halogens is 4. The molecule has 0 aliphatic rings. The molecule has 1 N–H and O–H groups in total. The fourth-order valence-corrected chi connectivity index (χ4v) is 6.76. The van der Waals surface area contributed by atoms with Crippen LogP contribution in [0, 0.1) is 0 Å². The van der Waals surface area contributed by atoms with Crippen molar-refractivity contribution in [1.82, 2.24) is 58.2 Å². The van der Waals surface area contributed by atoms with Crippen LogP contribution in [-0.2, 0) is 60.9 Å². The number of benzene rings is 2. The second-order valence-electron chi connectivity index (χ2n) is 12.9. The number of rotatable bonds is 11. The number of aryl methyl sites for hydroxylation is 4. The molecule has 21 nitrogen and oxygen atoms in total. The third-order valence-corrected chi connectivity index (χ3v) is 11.5. The van der Waals surface area contributed by atoms with Gasteiger partial charge in [-0.15, -0.1) is 10.2 Å². The molecule has 6 aromatic heterocycles. The second kappa shape index (κ2) is 19.5. The Kier molecular flexibility index (Phi) is 14.4. The van der Waals surface area contributed by atoms with Gasteiger partial charge in [0.15, 0.2) is 22.3 Å². The summed E-state index contributed by atoms with van der Waals surface area (Å²) in [5.74, 6) is -0.997. The van der Waals surface area contributed by atoms with Gasteiger partial charge < -0.3 is 18.0 Å². The minimum Gasteiger partial charge on any atom is -0.390 e. The molecule has 0 radical (unpaired) electrons. The van der Waals surface area contributed by atoms with Crippen LogP contribution in [0.2, 0.25) is 10.0 Å². The zero-order valence-electron chi connectivity index (χ0n) is 32.0. The summed E-state index contributed by atoms with van der Waals surface area (Å²) in [6.07, 6.45) is 7.83. The maximum Gasteiger partial charge on any atom is 0.437 e. The normalized spacial score (nSPS) is 11.4. The number of aromatic amines is 1. The van der Waals surface area contributed by atoms with Crippen molar-refractivity contribution in [2.45, 2.75) is 32.5 Å². The number of nitrogens with zero attached hydrogens (tertiary/aromatic N) is 11. The van der Waals surface area contributed by atoms with Gasteiger partial charge in [-0.05, 0) is 80.1 Å². The summed E-state index contributed by atoms with van der Waals surface area (Å²) < 4.78 is 44.6. The first kappa shape index (κ1) is 45.0. The number of H-pyrrole nitrogens is 1. The van der Waals surface area contributed by atoms with E-state index in [-0.39, 0.29) is 42.6 Å². The van der Waals surface area contributed by atoms with E-state index in [0.717, 1.165) is 26.3 Å². The first-order valence-electron chi connectivity index (χ1n) is 17.5. The summed E-state index contributed by atoms with van der Waals surface area (Å²) >= 11 is 18.6. The molecule has 0 unspecified atom stereocenters. The number of fused-ring (bicyclic) bond motifs is 2. The van der Waals surface area contributed by atoms with Gasteiger partial charge >= 0.3 is 11.5 Å². The smallest absolute Gasteiger partial charge is 0.390 e. The molecule has 2 aromatic carbocycles. The van der Waals surface area contributed by atoms with Crippen LogP contribution in [0.15, 0.2) is 98.7 Å². The Morgan fingerprint density at radius 2 is 1.25 bits per heavy atom. The SMILES string of the molecule is CS(=O)(=O)OCCc1ccc(Br)c(Cl)c1.Cn1cnc2ncn(Cc3n[nH]c(=O)o3)c(=O)c21.Cn1cnc2ncn(Cc3nn(CCc4ccc(Br)c(Cl)c4)c(=O)o3)c(=O)c21. The van der Waals surface area contributed by atoms with Gasteiger partial charge in [-0.2, -0.15) is 13.1 Å². The summed E-state index contributed by atoms with van der Waals surface area (Å²) in [6, 6.07) is 11.0. The van der Waals surface area contributed by atoms with Gasteiger partial charge in [0.1, 0.15) is 25.7 Å². The molecule has 0 saturated carbocycles. The van der Waals surface area contributed by atoms with Gasteiger partial charge in [0.2, 0.25) is 11.8 Å². The summed E-state index contributed by atoms with van der Waals surface area (Å²) in [6.45, 7) is 0.496. The van der Waals surface area contributed by atoms with Crippen molar-refractivity contribution in [3.05, 3.63) is 145 Å². The highest BCUT2D eigenvalue weighted by molar-refractivity contribution is 9.10. The fraction of sp³-hybridized carbons (Fsp3) is 0.257. The van der Waals surface area contributed by atoms with Crippen molar-refractivity contribution in [1.29, 1.82) is 0 Å². The van der Waals surface area contributed by atoms with Crippen molar-refractivity contribution in [2.24, 2.45) is 14.1 Å². The first-order chi connectivity index (χ1) is 28.9. The van der Waals surface area contributed by atoms with Crippen LogP contribution >= 0.6 is 55.1 Å². The highest BCUT2D eigenvalue weighted by Gasteiger charge is 2.14. The van der Waals surface area contributed by atoms with E-state index in [9.17, 15) is 27.6 Å². The molecular weight excluding hydrogens is 995 g/mol. The van der Waals surface area contributed by atoms with E-state index in [1.54, 1.807) is 29.3 Å². The Morgan fingerprint density at radius 3 is 1.74 bits per heavy atom. The Bertz CT molecular complexity index is 3210. The van der Waals surface area contributed by atoms with Crippen LogP contribution in [0.25, 0.3) is 22.3 Å². The van der Waals surface area contributed by atoms with Crippen molar-refractivity contribution in [2.75, 3.05) is 12.9 Å². The summed E-state index contributed by atoms with van der Waals surface area (Å²) in [7, 11) is 0.0652. The lowest BCUT2D eigenvalue weighted by Crippen LogP contribution is -2.22. The molecule has 0 aliphatic carbocycles. The number of nitrogens with one attached hydrogen (secondary N) is 1. The molecule has 320 valence electrons. The van der Waals surface area contributed by atoms with E-state index in [1.165, 1.54) is 39.1 Å². The average Bonchev–Trinajstić information content (AvgIpc) is 3.99. The first-order valence-corrected chi connectivity index (χ1v) is 21.7. The monoisotopic (exact) mass is 1020 g/mol. The molecule has 26 heteroatoms. The lowest BCUT2D eigenvalue weighted by molar-refractivity contribution is 0.326. The third-order valence-electron chi connectivity index (χ3n) is 8.41. The van der Waals surface area contributed by atoms with E-state index in [2.05, 4.69) is 71.3 Å². The predicted octanol–water partition coefficient (Wildman–Crippen LogP) is 3.46. The fourth-order valence-electron chi connectivity index (χ4n) is 5.48. The van der Waals surface area contributed by atoms with Crippen molar-refractivity contribution in [3.63, 3.8) is 0 Å². The highest BCUT2D eigenvalue weighted by atomic mass is 79.9. The molecule has 0 fully saturated rings. The minimum atomic E-state index is -3.35. The van der Waals surface area contributed by atoms with E-state index in [0.29, 0.717) is 51.8 Å².